The zero-order valence-corrected chi connectivity index (χ0v) is 25.4. The minimum Gasteiger partial charge on any atom is -0.352 e. The van der Waals surface area contributed by atoms with E-state index in [9.17, 15) is 18.0 Å². The lowest BCUT2D eigenvalue weighted by atomic mass is 10.0. The van der Waals surface area contributed by atoms with Gasteiger partial charge in [-0.2, -0.15) is 0 Å². The summed E-state index contributed by atoms with van der Waals surface area (Å²) in [6.45, 7) is 5.13. The number of halogens is 2. The van der Waals surface area contributed by atoms with E-state index in [0.29, 0.717) is 27.7 Å². The van der Waals surface area contributed by atoms with Gasteiger partial charge in [-0.15, -0.1) is 0 Å². The zero-order valence-electron chi connectivity index (χ0n) is 23.1. The molecular formula is C30H35Cl2N3O4S. The fourth-order valence-electron chi connectivity index (χ4n) is 4.24. The number of hydrogen-bond donors (Lipinski definition) is 1. The molecule has 3 rings (SSSR count). The summed E-state index contributed by atoms with van der Waals surface area (Å²) in [4.78, 5) is 29.2. The molecule has 0 radical (unpaired) electrons. The maximum absolute atomic E-state index is 14.1. The van der Waals surface area contributed by atoms with E-state index in [1.165, 1.54) is 4.90 Å². The molecule has 0 saturated heterocycles. The molecule has 7 nitrogen and oxygen atoms in total. The molecular weight excluding hydrogens is 569 g/mol. The van der Waals surface area contributed by atoms with Crippen molar-refractivity contribution in [3.63, 3.8) is 0 Å². The Balaban J connectivity index is 2.08. The van der Waals surface area contributed by atoms with Gasteiger partial charge in [0, 0.05) is 29.1 Å². The molecule has 0 aliphatic carbocycles. The minimum atomic E-state index is -3.88. The van der Waals surface area contributed by atoms with Gasteiger partial charge in [0.15, 0.2) is 0 Å². The van der Waals surface area contributed by atoms with Crippen molar-refractivity contribution in [1.29, 1.82) is 0 Å². The molecule has 0 aliphatic rings. The molecule has 0 unspecified atom stereocenters. The van der Waals surface area contributed by atoms with Crippen LogP contribution in [0.3, 0.4) is 0 Å². The first kappa shape index (κ1) is 31.5. The maximum Gasteiger partial charge on any atom is 0.244 e. The first-order valence-electron chi connectivity index (χ1n) is 13.0. The van der Waals surface area contributed by atoms with Gasteiger partial charge in [0.25, 0.3) is 0 Å². The molecule has 2 atom stereocenters. The van der Waals surface area contributed by atoms with Crippen molar-refractivity contribution in [3.05, 3.63) is 99.5 Å². The minimum absolute atomic E-state index is 0.0769. The highest BCUT2D eigenvalue weighted by atomic mass is 35.5. The van der Waals surface area contributed by atoms with Crippen molar-refractivity contribution in [1.82, 2.24) is 10.2 Å². The Bertz CT molecular complexity index is 1420. The number of benzene rings is 3. The van der Waals surface area contributed by atoms with Gasteiger partial charge in [0.05, 0.1) is 11.9 Å². The molecule has 3 aromatic rings. The topological polar surface area (TPSA) is 86.8 Å². The van der Waals surface area contributed by atoms with Crippen LogP contribution < -0.4 is 9.62 Å². The van der Waals surface area contributed by atoms with Gasteiger partial charge in [-0.3, -0.25) is 13.9 Å². The monoisotopic (exact) mass is 603 g/mol. The summed E-state index contributed by atoms with van der Waals surface area (Å²) in [5.74, 6) is -0.842. The summed E-state index contributed by atoms with van der Waals surface area (Å²) in [5.41, 5.74) is 2.45. The SMILES string of the molecule is CC[C@H](C)NC(=O)[C@@H](Cc1ccccc1)N(Cc1ccc(Cl)cc1)C(=O)CN(c1cccc(Cl)c1C)S(C)(=O)=O. The highest BCUT2D eigenvalue weighted by Gasteiger charge is 2.33. The van der Waals surface area contributed by atoms with Crippen molar-refractivity contribution < 1.29 is 18.0 Å². The fraction of sp³-hybridized carbons (Fsp3) is 0.333. The van der Waals surface area contributed by atoms with Gasteiger partial charge in [-0.25, -0.2) is 8.42 Å². The molecule has 0 aromatic heterocycles. The van der Waals surface area contributed by atoms with E-state index in [0.717, 1.165) is 21.7 Å². The van der Waals surface area contributed by atoms with Crippen molar-refractivity contribution in [2.45, 2.75) is 52.2 Å². The van der Waals surface area contributed by atoms with E-state index in [4.69, 9.17) is 23.2 Å². The number of rotatable bonds is 12. The summed E-state index contributed by atoms with van der Waals surface area (Å²) < 4.78 is 26.9. The van der Waals surface area contributed by atoms with E-state index < -0.39 is 28.5 Å². The van der Waals surface area contributed by atoms with Gasteiger partial charge in [0.2, 0.25) is 21.8 Å². The molecule has 2 amide bonds. The Kier molecular flexibility index (Phi) is 11.0. The summed E-state index contributed by atoms with van der Waals surface area (Å²) in [6.07, 6.45) is 2.00. The molecule has 0 saturated carbocycles. The van der Waals surface area contributed by atoms with Gasteiger partial charge < -0.3 is 10.2 Å². The lowest BCUT2D eigenvalue weighted by Gasteiger charge is -2.34. The summed E-state index contributed by atoms with van der Waals surface area (Å²) in [5, 5.41) is 3.93. The van der Waals surface area contributed by atoms with E-state index in [1.807, 2.05) is 44.2 Å². The van der Waals surface area contributed by atoms with Crippen molar-refractivity contribution in [2.24, 2.45) is 0 Å². The number of nitrogens with zero attached hydrogens (tertiary/aromatic N) is 2. The Morgan fingerprint density at radius 2 is 1.57 bits per heavy atom. The van der Waals surface area contributed by atoms with Crippen LogP contribution in [-0.4, -0.2) is 50.0 Å². The average molecular weight is 605 g/mol. The second-order valence-electron chi connectivity index (χ2n) is 9.83. The number of anilines is 1. The molecule has 0 spiro atoms. The van der Waals surface area contributed by atoms with Crippen molar-refractivity contribution in [2.75, 3.05) is 17.1 Å². The Morgan fingerprint density at radius 3 is 2.17 bits per heavy atom. The molecule has 1 N–H and O–H groups in total. The van der Waals surface area contributed by atoms with Crippen LogP contribution in [0.25, 0.3) is 0 Å². The van der Waals surface area contributed by atoms with E-state index in [-0.39, 0.29) is 24.9 Å². The number of carbonyl (C=O) groups is 2. The standard InChI is InChI=1S/C30H35Cl2N3O4S/c1-5-21(2)33-30(37)28(18-23-10-7-6-8-11-23)34(19-24-14-16-25(31)17-15-24)29(36)20-35(40(4,38)39)27-13-9-12-26(32)22(27)3/h6-17,21,28H,5,18-20H2,1-4H3,(H,33,37)/t21-,28+/m0/s1. The average Bonchev–Trinajstić information content (AvgIpc) is 2.91. The Hall–Kier alpha value is -3.07. The number of hydrogen-bond acceptors (Lipinski definition) is 4. The van der Waals surface area contributed by atoms with Gasteiger partial charge in [-0.1, -0.05) is 78.7 Å². The third-order valence-corrected chi connectivity index (χ3v) is 8.51. The highest BCUT2D eigenvalue weighted by molar-refractivity contribution is 7.92. The van der Waals surface area contributed by atoms with Crippen molar-refractivity contribution in [3.8, 4) is 0 Å². The number of amides is 2. The van der Waals surface area contributed by atoms with Crippen LogP contribution in [0.1, 0.15) is 37.0 Å². The van der Waals surface area contributed by atoms with Crippen molar-refractivity contribution >= 4 is 50.7 Å². The van der Waals surface area contributed by atoms with Crippen LogP contribution in [0.15, 0.2) is 72.8 Å². The van der Waals surface area contributed by atoms with Crippen LogP contribution in [-0.2, 0) is 32.6 Å². The maximum atomic E-state index is 14.1. The summed E-state index contributed by atoms with van der Waals surface area (Å²) >= 11 is 12.4. The second kappa shape index (κ2) is 14.0. The molecule has 3 aromatic carbocycles. The molecule has 214 valence electrons. The second-order valence-corrected chi connectivity index (χ2v) is 12.6. The summed E-state index contributed by atoms with van der Waals surface area (Å²) in [7, 11) is -3.88. The number of carbonyl (C=O) groups excluding carboxylic acids is 2. The van der Waals surface area contributed by atoms with E-state index in [2.05, 4.69) is 5.32 Å². The molecule has 40 heavy (non-hydrogen) atoms. The smallest absolute Gasteiger partial charge is 0.244 e. The van der Waals surface area contributed by atoms with Gasteiger partial charge in [0.1, 0.15) is 12.6 Å². The van der Waals surface area contributed by atoms with Gasteiger partial charge in [-0.05, 0) is 61.2 Å². The summed E-state index contributed by atoms with van der Waals surface area (Å²) in [6, 6.07) is 20.3. The van der Waals surface area contributed by atoms with Crippen LogP contribution in [0.2, 0.25) is 10.0 Å². The lowest BCUT2D eigenvalue weighted by molar-refractivity contribution is -0.140. The van der Waals surface area contributed by atoms with Crippen LogP contribution in [0.5, 0.6) is 0 Å². The normalized spacial score (nSPS) is 12.8. The predicted molar refractivity (Wildman–Crippen MR) is 162 cm³/mol. The van der Waals surface area contributed by atoms with Crippen LogP contribution in [0, 0.1) is 6.92 Å². The lowest BCUT2D eigenvalue weighted by Crippen LogP contribution is -2.54. The van der Waals surface area contributed by atoms with Crippen LogP contribution in [0.4, 0.5) is 5.69 Å². The van der Waals surface area contributed by atoms with E-state index in [1.54, 1.807) is 49.4 Å². The quantitative estimate of drug-likeness (QED) is 0.291. The Labute approximate surface area is 247 Å². The van der Waals surface area contributed by atoms with Gasteiger partial charge >= 0.3 is 0 Å². The molecule has 0 heterocycles. The number of nitrogens with one attached hydrogen (secondary N) is 1. The van der Waals surface area contributed by atoms with Crippen LogP contribution >= 0.6 is 23.2 Å². The highest BCUT2D eigenvalue weighted by Crippen LogP contribution is 2.28. The Morgan fingerprint density at radius 1 is 0.925 bits per heavy atom. The molecule has 0 bridgehead atoms. The molecule has 10 heteroatoms. The first-order chi connectivity index (χ1) is 18.9. The fourth-order valence-corrected chi connectivity index (χ4v) is 5.44. The number of sulfonamides is 1. The third kappa shape index (κ3) is 8.46. The molecule has 0 aliphatic heterocycles. The van der Waals surface area contributed by atoms with E-state index >= 15 is 0 Å². The predicted octanol–water partition coefficient (Wildman–Crippen LogP) is 5.62. The third-order valence-electron chi connectivity index (χ3n) is 6.73. The molecule has 0 fully saturated rings. The zero-order chi connectivity index (χ0) is 29.4. The first-order valence-corrected chi connectivity index (χ1v) is 15.6. The largest absolute Gasteiger partial charge is 0.352 e.